The lowest BCUT2D eigenvalue weighted by Crippen LogP contribution is -1.87. The summed E-state index contributed by atoms with van der Waals surface area (Å²) in [4.78, 5) is 0. The molecule has 0 bridgehead atoms. The molecule has 1 rings (SSSR count). The number of nitrogens with zero attached hydrogens (tertiary/aromatic N) is 1. The molecule has 1 aliphatic rings. The maximum atomic E-state index is 8.84. The Labute approximate surface area is 78.8 Å². The van der Waals surface area contributed by atoms with E-state index in [9.17, 15) is 0 Å². The quantitative estimate of drug-likeness (QED) is 0.488. The van der Waals surface area contributed by atoms with Gasteiger partial charge in [0.2, 0.25) is 0 Å². The van der Waals surface area contributed by atoms with Gasteiger partial charge in [0.25, 0.3) is 0 Å². The standard InChI is InChI=1S/C11H13NO/c1-2-3-4-6-10(9-12)11-7-5-8-13-11/h2-4H,1,5-8H2/b4-3+,11-10-. The van der Waals surface area contributed by atoms with Gasteiger partial charge in [-0.05, 0) is 6.42 Å². The van der Waals surface area contributed by atoms with Crippen LogP contribution in [0, 0.1) is 11.3 Å². The van der Waals surface area contributed by atoms with E-state index in [1.165, 1.54) is 0 Å². The lowest BCUT2D eigenvalue weighted by molar-refractivity contribution is 0.260. The average molecular weight is 175 g/mol. The highest BCUT2D eigenvalue weighted by molar-refractivity contribution is 5.28. The highest BCUT2D eigenvalue weighted by Gasteiger charge is 2.12. The van der Waals surface area contributed by atoms with Gasteiger partial charge in [-0.3, -0.25) is 0 Å². The third kappa shape index (κ3) is 2.79. The maximum absolute atomic E-state index is 8.84. The smallest absolute Gasteiger partial charge is 0.110 e. The van der Waals surface area contributed by atoms with Crippen molar-refractivity contribution in [2.45, 2.75) is 19.3 Å². The van der Waals surface area contributed by atoms with Crippen LogP contribution in [0.2, 0.25) is 0 Å². The summed E-state index contributed by atoms with van der Waals surface area (Å²) in [6, 6.07) is 2.17. The van der Waals surface area contributed by atoms with E-state index < -0.39 is 0 Å². The summed E-state index contributed by atoms with van der Waals surface area (Å²) < 4.78 is 5.33. The Hall–Kier alpha value is -1.49. The molecule has 0 aromatic carbocycles. The zero-order chi connectivity index (χ0) is 9.52. The molecular formula is C11H13NO. The Morgan fingerprint density at radius 2 is 2.54 bits per heavy atom. The summed E-state index contributed by atoms with van der Waals surface area (Å²) in [6.07, 6.45) is 8.05. The van der Waals surface area contributed by atoms with Gasteiger partial charge < -0.3 is 4.74 Å². The molecule has 0 saturated carbocycles. The van der Waals surface area contributed by atoms with Crippen molar-refractivity contribution in [2.24, 2.45) is 0 Å². The second kappa shape index (κ2) is 5.21. The number of allylic oxidation sites excluding steroid dienone is 5. The van der Waals surface area contributed by atoms with Crippen LogP contribution in [0.3, 0.4) is 0 Å². The van der Waals surface area contributed by atoms with Crippen molar-refractivity contribution in [3.63, 3.8) is 0 Å². The predicted molar refractivity (Wildman–Crippen MR) is 51.8 cm³/mol. The SMILES string of the molecule is C=C/C=C/C/C(C#N)=C1\CCCO1. The second-order valence-electron chi connectivity index (χ2n) is 2.83. The molecule has 0 aromatic heterocycles. The van der Waals surface area contributed by atoms with E-state index in [2.05, 4.69) is 12.6 Å². The largest absolute Gasteiger partial charge is 0.497 e. The van der Waals surface area contributed by atoms with Crippen molar-refractivity contribution >= 4 is 0 Å². The molecular weight excluding hydrogens is 162 g/mol. The predicted octanol–water partition coefficient (Wildman–Crippen LogP) is 2.71. The molecule has 68 valence electrons. The van der Waals surface area contributed by atoms with Crippen LogP contribution in [0.25, 0.3) is 0 Å². The molecule has 13 heavy (non-hydrogen) atoms. The molecule has 0 N–H and O–H groups in total. The first-order chi connectivity index (χ1) is 6.38. The summed E-state index contributed by atoms with van der Waals surface area (Å²) in [6.45, 7) is 4.32. The molecule has 0 radical (unpaired) electrons. The van der Waals surface area contributed by atoms with Crippen LogP contribution in [-0.2, 0) is 4.74 Å². The molecule has 2 nitrogen and oxygen atoms in total. The number of nitriles is 1. The molecule has 0 spiro atoms. The van der Waals surface area contributed by atoms with Gasteiger partial charge in [-0.25, -0.2) is 0 Å². The van der Waals surface area contributed by atoms with Gasteiger partial charge in [-0.1, -0.05) is 24.8 Å². The topological polar surface area (TPSA) is 33.0 Å². The van der Waals surface area contributed by atoms with Crippen LogP contribution in [0.5, 0.6) is 0 Å². The van der Waals surface area contributed by atoms with Crippen LogP contribution >= 0.6 is 0 Å². The third-order valence-corrected chi connectivity index (χ3v) is 1.89. The summed E-state index contributed by atoms with van der Waals surface area (Å²) in [5, 5.41) is 8.84. The van der Waals surface area contributed by atoms with E-state index in [0.29, 0.717) is 6.42 Å². The van der Waals surface area contributed by atoms with Gasteiger partial charge in [-0.15, -0.1) is 0 Å². The van der Waals surface area contributed by atoms with Crippen LogP contribution in [0.1, 0.15) is 19.3 Å². The van der Waals surface area contributed by atoms with Gasteiger partial charge in [0, 0.05) is 12.8 Å². The molecule has 2 heteroatoms. The molecule has 0 aliphatic carbocycles. The second-order valence-corrected chi connectivity index (χ2v) is 2.83. The van der Waals surface area contributed by atoms with E-state index in [1.54, 1.807) is 6.08 Å². The number of ether oxygens (including phenoxy) is 1. The normalized spacial score (nSPS) is 19.6. The molecule has 1 aliphatic heterocycles. The van der Waals surface area contributed by atoms with E-state index in [1.807, 2.05) is 12.2 Å². The molecule has 0 unspecified atom stereocenters. The van der Waals surface area contributed by atoms with Crippen LogP contribution in [0.15, 0.2) is 36.1 Å². The molecule has 0 amide bonds. The summed E-state index contributed by atoms with van der Waals surface area (Å²) >= 11 is 0. The van der Waals surface area contributed by atoms with Gasteiger partial charge in [0.05, 0.1) is 18.2 Å². The van der Waals surface area contributed by atoms with Crippen LogP contribution in [-0.4, -0.2) is 6.61 Å². The fourth-order valence-electron chi connectivity index (χ4n) is 1.24. The van der Waals surface area contributed by atoms with E-state index >= 15 is 0 Å². The Bertz CT molecular complexity index is 273. The number of rotatable bonds is 3. The fourth-order valence-corrected chi connectivity index (χ4v) is 1.24. The van der Waals surface area contributed by atoms with E-state index in [4.69, 9.17) is 10.00 Å². The van der Waals surface area contributed by atoms with Gasteiger partial charge in [0.15, 0.2) is 0 Å². The zero-order valence-corrected chi connectivity index (χ0v) is 7.62. The van der Waals surface area contributed by atoms with E-state index in [0.717, 1.165) is 30.8 Å². The Morgan fingerprint density at radius 1 is 1.69 bits per heavy atom. The first kappa shape index (κ1) is 9.60. The Kier molecular flexibility index (Phi) is 3.84. The number of hydrogen-bond acceptors (Lipinski definition) is 2. The Morgan fingerprint density at radius 3 is 3.08 bits per heavy atom. The highest BCUT2D eigenvalue weighted by Crippen LogP contribution is 2.21. The molecule has 0 aromatic rings. The van der Waals surface area contributed by atoms with Crippen LogP contribution in [0.4, 0.5) is 0 Å². The minimum absolute atomic E-state index is 0.651. The summed E-state index contributed by atoms with van der Waals surface area (Å²) in [5.74, 6) is 0.871. The average Bonchev–Trinajstić information content (AvgIpc) is 2.65. The minimum Gasteiger partial charge on any atom is -0.497 e. The number of hydrogen-bond donors (Lipinski definition) is 0. The maximum Gasteiger partial charge on any atom is 0.110 e. The first-order valence-electron chi connectivity index (χ1n) is 4.41. The molecule has 1 saturated heterocycles. The summed E-state index contributed by atoms with van der Waals surface area (Å²) in [5.41, 5.74) is 0.746. The fraction of sp³-hybridized carbons (Fsp3) is 0.364. The van der Waals surface area contributed by atoms with Crippen molar-refractivity contribution in [3.05, 3.63) is 36.1 Å². The van der Waals surface area contributed by atoms with Crippen LogP contribution < -0.4 is 0 Å². The molecule has 1 heterocycles. The van der Waals surface area contributed by atoms with Gasteiger partial charge in [-0.2, -0.15) is 5.26 Å². The van der Waals surface area contributed by atoms with E-state index in [-0.39, 0.29) is 0 Å². The lowest BCUT2D eigenvalue weighted by Gasteiger charge is -1.99. The monoisotopic (exact) mass is 175 g/mol. The third-order valence-electron chi connectivity index (χ3n) is 1.89. The molecule has 1 fully saturated rings. The van der Waals surface area contributed by atoms with Crippen molar-refractivity contribution in [3.8, 4) is 6.07 Å². The first-order valence-corrected chi connectivity index (χ1v) is 4.41. The zero-order valence-electron chi connectivity index (χ0n) is 7.62. The van der Waals surface area contributed by atoms with Gasteiger partial charge >= 0.3 is 0 Å². The van der Waals surface area contributed by atoms with Gasteiger partial charge in [0.1, 0.15) is 5.76 Å². The van der Waals surface area contributed by atoms with Crippen molar-refractivity contribution in [1.29, 1.82) is 5.26 Å². The van der Waals surface area contributed by atoms with Crippen molar-refractivity contribution in [1.82, 2.24) is 0 Å². The van der Waals surface area contributed by atoms with Crippen molar-refractivity contribution in [2.75, 3.05) is 6.61 Å². The molecule has 0 atom stereocenters. The summed E-state index contributed by atoms with van der Waals surface area (Å²) in [7, 11) is 0. The van der Waals surface area contributed by atoms with Crippen molar-refractivity contribution < 1.29 is 4.74 Å². The lowest BCUT2D eigenvalue weighted by atomic mass is 10.1. The Balaban J connectivity index is 2.62. The minimum atomic E-state index is 0.651. The highest BCUT2D eigenvalue weighted by atomic mass is 16.5.